The van der Waals surface area contributed by atoms with E-state index in [9.17, 15) is 9.90 Å². The predicted octanol–water partition coefficient (Wildman–Crippen LogP) is 2.87. The third-order valence-electron chi connectivity index (χ3n) is 3.26. The highest BCUT2D eigenvalue weighted by molar-refractivity contribution is 6.00. The first-order chi connectivity index (χ1) is 10.2. The Hall–Kier alpha value is -2.88. The monoisotopic (exact) mass is 278 g/mol. The van der Waals surface area contributed by atoms with Gasteiger partial charge in [0, 0.05) is 18.1 Å². The number of pyridine rings is 1. The molecule has 0 unspecified atom stereocenters. The summed E-state index contributed by atoms with van der Waals surface area (Å²) < 4.78 is 0. The normalized spacial score (nSPS) is 10.5. The molecule has 1 amide bonds. The molecule has 4 nitrogen and oxygen atoms in total. The quantitative estimate of drug-likeness (QED) is 0.774. The van der Waals surface area contributed by atoms with Crippen LogP contribution < -0.4 is 5.32 Å². The molecule has 0 radical (unpaired) electrons. The van der Waals surface area contributed by atoms with Gasteiger partial charge in [0.05, 0.1) is 11.1 Å². The molecule has 21 heavy (non-hydrogen) atoms. The number of benzene rings is 2. The number of hydrogen-bond acceptors (Lipinski definition) is 3. The molecule has 0 spiro atoms. The fourth-order valence-corrected chi connectivity index (χ4v) is 2.16. The Morgan fingerprint density at radius 3 is 2.71 bits per heavy atom. The van der Waals surface area contributed by atoms with Crippen molar-refractivity contribution in [2.45, 2.75) is 6.54 Å². The maximum atomic E-state index is 12.2. The summed E-state index contributed by atoms with van der Waals surface area (Å²) in [4.78, 5) is 16.4. The molecule has 1 heterocycles. The number of carbonyl (C=O) groups excluding carboxylic acids is 1. The minimum atomic E-state index is -0.316. The van der Waals surface area contributed by atoms with Gasteiger partial charge in [0.1, 0.15) is 5.75 Å². The van der Waals surface area contributed by atoms with Crippen LogP contribution >= 0.6 is 0 Å². The van der Waals surface area contributed by atoms with E-state index in [4.69, 9.17) is 0 Å². The van der Waals surface area contributed by atoms with Gasteiger partial charge in [-0.25, -0.2) is 0 Å². The van der Waals surface area contributed by atoms with Crippen molar-refractivity contribution in [3.05, 3.63) is 71.9 Å². The minimum Gasteiger partial charge on any atom is -0.507 e. The Kier molecular flexibility index (Phi) is 3.51. The van der Waals surface area contributed by atoms with Crippen LogP contribution in [-0.4, -0.2) is 16.0 Å². The largest absolute Gasteiger partial charge is 0.507 e. The molecule has 0 aliphatic rings. The van der Waals surface area contributed by atoms with Gasteiger partial charge in [0.25, 0.3) is 5.91 Å². The summed E-state index contributed by atoms with van der Waals surface area (Å²) in [6.07, 6.45) is 1.66. The summed E-state index contributed by atoms with van der Waals surface area (Å²) in [5.74, 6) is -0.357. The molecule has 0 saturated heterocycles. The fourth-order valence-electron chi connectivity index (χ4n) is 2.16. The number of phenolic OH excluding ortho intramolecular Hbond substituents is 1. The van der Waals surface area contributed by atoms with Crippen LogP contribution in [0.5, 0.6) is 5.75 Å². The van der Waals surface area contributed by atoms with Crippen LogP contribution in [0.15, 0.2) is 60.8 Å². The van der Waals surface area contributed by atoms with Gasteiger partial charge in [0.15, 0.2) is 0 Å². The van der Waals surface area contributed by atoms with E-state index in [2.05, 4.69) is 10.3 Å². The Balaban J connectivity index is 1.82. The molecule has 0 saturated carbocycles. The van der Waals surface area contributed by atoms with E-state index in [0.717, 1.165) is 10.9 Å². The first kappa shape index (κ1) is 13.1. The van der Waals surface area contributed by atoms with Crippen molar-refractivity contribution < 1.29 is 9.90 Å². The van der Waals surface area contributed by atoms with Gasteiger partial charge in [-0.05, 0) is 23.8 Å². The zero-order valence-electron chi connectivity index (χ0n) is 11.3. The van der Waals surface area contributed by atoms with Crippen molar-refractivity contribution in [1.82, 2.24) is 10.3 Å². The topological polar surface area (TPSA) is 62.2 Å². The molecule has 0 aliphatic heterocycles. The number of aromatic hydroxyl groups is 1. The van der Waals surface area contributed by atoms with E-state index in [1.54, 1.807) is 24.4 Å². The fraction of sp³-hybridized carbons (Fsp3) is 0.0588. The molecule has 0 atom stereocenters. The van der Waals surface area contributed by atoms with Crippen LogP contribution in [0, 0.1) is 0 Å². The van der Waals surface area contributed by atoms with Crippen LogP contribution in [0.25, 0.3) is 10.9 Å². The van der Waals surface area contributed by atoms with Crippen molar-refractivity contribution in [1.29, 1.82) is 0 Å². The van der Waals surface area contributed by atoms with E-state index < -0.39 is 0 Å². The summed E-state index contributed by atoms with van der Waals surface area (Å²) in [5.41, 5.74) is 1.92. The Labute approximate surface area is 122 Å². The summed E-state index contributed by atoms with van der Waals surface area (Å²) >= 11 is 0. The highest BCUT2D eigenvalue weighted by Crippen LogP contribution is 2.23. The first-order valence-corrected chi connectivity index (χ1v) is 6.64. The third kappa shape index (κ3) is 2.84. The number of rotatable bonds is 3. The summed E-state index contributed by atoms with van der Waals surface area (Å²) in [6.45, 7) is 0.416. The van der Waals surface area contributed by atoms with Crippen LogP contribution in [-0.2, 0) is 6.54 Å². The Bertz CT molecular complexity index is 785. The molecule has 3 aromatic rings. The predicted molar refractivity (Wildman–Crippen MR) is 81.0 cm³/mol. The number of nitrogens with one attached hydrogen (secondary N) is 1. The van der Waals surface area contributed by atoms with E-state index in [0.29, 0.717) is 12.1 Å². The molecule has 3 rings (SSSR count). The highest BCUT2D eigenvalue weighted by Gasteiger charge is 2.12. The lowest BCUT2D eigenvalue weighted by atomic mass is 10.1. The van der Waals surface area contributed by atoms with Gasteiger partial charge in [-0.15, -0.1) is 0 Å². The average Bonchev–Trinajstić information content (AvgIpc) is 2.53. The number of hydrogen-bond donors (Lipinski definition) is 2. The SMILES string of the molecule is O=C(NCc1ccccc1)c1cc2ncccc2cc1O. The smallest absolute Gasteiger partial charge is 0.255 e. The lowest BCUT2D eigenvalue weighted by Crippen LogP contribution is -2.22. The van der Waals surface area contributed by atoms with Gasteiger partial charge in [-0.3, -0.25) is 9.78 Å². The van der Waals surface area contributed by atoms with Crippen molar-refractivity contribution >= 4 is 16.8 Å². The number of aromatic nitrogens is 1. The second-order valence-electron chi connectivity index (χ2n) is 4.73. The van der Waals surface area contributed by atoms with Gasteiger partial charge in [0.2, 0.25) is 0 Å². The van der Waals surface area contributed by atoms with Crippen LogP contribution in [0.2, 0.25) is 0 Å². The lowest BCUT2D eigenvalue weighted by molar-refractivity contribution is 0.0948. The molecule has 0 aliphatic carbocycles. The molecule has 1 aromatic heterocycles. The van der Waals surface area contributed by atoms with Crippen LogP contribution in [0.1, 0.15) is 15.9 Å². The molecular formula is C17H14N2O2. The molecule has 4 heteroatoms. The summed E-state index contributed by atoms with van der Waals surface area (Å²) in [7, 11) is 0. The van der Waals surface area contributed by atoms with Crippen molar-refractivity contribution in [2.24, 2.45) is 0 Å². The third-order valence-corrected chi connectivity index (χ3v) is 3.26. The number of phenols is 1. The first-order valence-electron chi connectivity index (χ1n) is 6.64. The maximum Gasteiger partial charge on any atom is 0.255 e. The van der Waals surface area contributed by atoms with E-state index in [-0.39, 0.29) is 17.2 Å². The van der Waals surface area contributed by atoms with Gasteiger partial charge in [-0.2, -0.15) is 0 Å². The molecule has 104 valence electrons. The zero-order chi connectivity index (χ0) is 14.7. The second-order valence-corrected chi connectivity index (χ2v) is 4.73. The van der Waals surface area contributed by atoms with Gasteiger partial charge in [-0.1, -0.05) is 36.4 Å². The standard InChI is InChI=1S/C17H14N2O2/c20-16-9-13-7-4-8-18-15(13)10-14(16)17(21)19-11-12-5-2-1-3-6-12/h1-10,20H,11H2,(H,19,21). The Morgan fingerprint density at radius 2 is 1.90 bits per heavy atom. The van der Waals surface area contributed by atoms with E-state index in [1.165, 1.54) is 0 Å². The zero-order valence-corrected chi connectivity index (χ0v) is 11.3. The van der Waals surface area contributed by atoms with Crippen molar-refractivity contribution in [2.75, 3.05) is 0 Å². The summed E-state index contributed by atoms with van der Waals surface area (Å²) in [5, 5.41) is 13.6. The van der Waals surface area contributed by atoms with E-state index >= 15 is 0 Å². The lowest BCUT2D eigenvalue weighted by Gasteiger charge is -2.08. The molecular weight excluding hydrogens is 264 g/mol. The van der Waals surface area contributed by atoms with E-state index in [1.807, 2.05) is 36.4 Å². The average molecular weight is 278 g/mol. The van der Waals surface area contributed by atoms with Crippen LogP contribution in [0.4, 0.5) is 0 Å². The van der Waals surface area contributed by atoms with Crippen LogP contribution in [0.3, 0.4) is 0 Å². The number of carbonyl (C=O) groups is 1. The maximum absolute atomic E-state index is 12.2. The van der Waals surface area contributed by atoms with Crippen molar-refractivity contribution in [3.8, 4) is 5.75 Å². The molecule has 2 aromatic carbocycles. The Morgan fingerprint density at radius 1 is 1.10 bits per heavy atom. The summed E-state index contributed by atoms with van der Waals surface area (Å²) in [6, 6.07) is 16.4. The second kappa shape index (κ2) is 5.63. The molecule has 2 N–H and O–H groups in total. The van der Waals surface area contributed by atoms with Crippen molar-refractivity contribution in [3.63, 3.8) is 0 Å². The molecule has 0 fully saturated rings. The number of fused-ring (bicyclic) bond motifs is 1. The van der Waals surface area contributed by atoms with Gasteiger partial charge >= 0.3 is 0 Å². The number of amides is 1. The number of nitrogens with zero attached hydrogens (tertiary/aromatic N) is 1. The van der Waals surface area contributed by atoms with Gasteiger partial charge < -0.3 is 10.4 Å². The highest BCUT2D eigenvalue weighted by atomic mass is 16.3. The minimum absolute atomic E-state index is 0.0407. The molecule has 0 bridgehead atoms.